The maximum atomic E-state index is 10.9. The van der Waals surface area contributed by atoms with E-state index in [4.69, 9.17) is 34.0 Å². The third kappa shape index (κ3) is 101. The normalized spacial score (nSPS) is 10.6. The molecule has 0 saturated heterocycles. The van der Waals surface area contributed by atoms with Crippen molar-refractivity contribution in [3.05, 3.63) is 49.1 Å². The van der Waals surface area contributed by atoms with Gasteiger partial charge in [0.1, 0.15) is 37.5 Å². The van der Waals surface area contributed by atoms with Gasteiger partial charge in [0.05, 0.1) is 44.8 Å². The summed E-state index contributed by atoms with van der Waals surface area (Å²) in [4.78, 5) is 39.0. The first-order chi connectivity index (χ1) is 34.2. The lowest BCUT2D eigenvalue weighted by Gasteiger charge is -2.16. The number of rotatable bonds is 42. The van der Waals surface area contributed by atoms with Gasteiger partial charge in [0, 0.05) is 56.7 Å². The first kappa shape index (κ1) is 84.5. The predicted molar refractivity (Wildman–Crippen MR) is 300 cm³/mol. The van der Waals surface area contributed by atoms with Crippen LogP contribution in [0.5, 0.6) is 0 Å². The van der Waals surface area contributed by atoms with Gasteiger partial charge in [-0.3, -0.25) is 4.79 Å². The molecule has 0 aromatic rings. The topological polar surface area (TPSA) is 254 Å². The average molecular weight is 1020 g/mol. The van der Waals surface area contributed by atoms with Gasteiger partial charge in [-0.25, -0.2) is 0 Å². The zero-order valence-corrected chi connectivity index (χ0v) is 47.3. The Kier molecular flexibility index (Phi) is 99.4. The molecule has 0 heterocycles. The van der Waals surface area contributed by atoms with Crippen molar-refractivity contribution in [2.75, 3.05) is 94.1 Å². The molecule has 16 nitrogen and oxygen atoms in total. The van der Waals surface area contributed by atoms with Crippen LogP contribution in [0.15, 0.2) is 49.1 Å². The standard InChI is InChI=1S/C19H36N2O6.C17H32O2.C8H14O.C5H13N.C3H8O.2CH5N.CH2O/c1-17(5-6-19(20-3)18(2)23)21-7-11-26-15-13-24-9-4-10-25-14-16-27-12-8-22;1-17(19)15-13-11-9-7-5-3-2-4-6-8-10-12-14-16-18;1-4-6-7(3)8(9)5-2;1-3-4-5-6-2;1-3(2)4;3*1-2/h8,19-21,23H,1-2,4-7,9-16H2,3H3;16,19H,1-15H2;4,6-7H,5H2,1-3H3;6H,3-5H2,1-2H3;3-4H,1-2H3;2*2H2,1H3;1H2. The number of Topliss-reactive ketones (excluding diaryl/α,β-unsaturated/α-hetero) is 1. The SMILES string of the molecule is C=C(CCC(NC)C(=C)O)NCCOCCOCCCOCCOCC=O.C=C(O)CCCCCCCCCCCCCCC=O.C=O.CC(C)O.CC=CC(C)C(=O)CC.CCCCNC.CN.CN. The highest BCUT2D eigenvalue weighted by Crippen LogP contribution is 2.13. The highest BCUT2D eigenvalue weighted by molar-refractivity contribution is 5.81. The molecule has 0 aliphatic carbocycles. The molecule has 0 saturated carbocycles. The summed E-state index contributed by atoms with van der Waals surface area (Å²) in [7, 11) is 6.77. The zero-order valence-electron chi connectivity index (χ0n) is 47.3. The van der Waals surface area contributed by atoms with Crippen LogP contribution in [0.1, 0.15) is 170 Å². The third-order valence-electron chi connectivity index (χ3n) is 9.27. The summed E-state index contributed by atoms with van der Waals surface area (Å²) in [5.74, 6) is 0.894. The smallest absolute Gasteiger partial charge is 0.145 e. The van der Waals surface area contributed by atoms with E-state index in [0.717, 1.165) is 69.8 Å². The van der Waals surface area contributed by atoms with E-state index in [1.54, 1.807) is 20.9 Å². The Morgan fingerprint density at radius 3 is 1.45 bits per heavy atom. The fraction of sp³-hybridized carbons (Fsp3) is 0.782. The number of nitrogens with two attached hydrogens (primary N) is 2. The molecule has 10 N–H and O–H groups in total. The molecule has 0 aliphatic rings. The quantitative estimate of drug-likeness (QED) is 0.0123. The molecule has 0 amide bonds. The van der Waals surface area contributed by atoms with Crippen LogP contribution >= 0.6 is 0 Å². The number of aldehydes is 2. The molecule has 16 heteroatoms. The fourth-order valence-electron chi connectivity index (χ4n) is 5.52. The molecule has 0 rings (SSSR count). The van der Waals surface area contributed by atoms with E-state index in [0.29, 0.717) is 70.8 Å². The summed E-state index contributed by atoms with van der Waals surface area (Å²) in [5.41, 5.74) is 9.91. The number of carbonyl (C=O) groups is 4. The van der Waals surface area contributed by atoms with Crippen LogP contribution < -0.4 is 27.4 Å². The largest absolute Gasteiger partial charge is 0.513 e. The second-order valence-electron chi connectivity index (χ2n) is 16.0. The molecule has 0 fully saturated rings. The zero-order chi connectivity index (χ0) is 56.0. The minimum absolute atomic E-state index is 0.111. The number of unbranched alkanes of at least 4 members (excludes halogenated alkanes) is 13. The molecule has 0 bridgehead atoms. The molecule has 71 heavy (non-hydrogen) atoms. The number of aliphatic hydroxyl groups is 3. The summed E-state index contributed by atoms with van der Waals surface area (Å²) in [6.45, 7) is 30.1. The number of ether oxygens (including phenoxy) is 4. The van der Waals surface area contributed by atoms with Gasteiger partial charge in [-0.15, -0.1) is 0 Å². The van der Waals surface area contributed by atoms with Crippen LogP contribution in [0, 0.1) is 5.92 Å². The second-order valence-corrected chi connectivity index (χ2v) is 16.0. The molecule has 0 radical (unpaired) electrons. The highest BCUT2D eigenvalue weighted by atomic mass is 16.5. The first-order valence-electron chi connectivity index (χ1n) is 26.2. The van der Waals surface area contributed by atoms with Crippen molar-refractivity contribution in [2.24, 2.45) is 17.4 Å². The maximum Gasteiger partial charge on any atom is 0.145 e. The summed E-state index contributed by atoms with van der Waals surface area (Å²) < 4.78 is 21.2. The van der Waals surface area contributed by atoms with E-state index >= 15 is 0 Å². The van der Waals surface area contributed by atoms with E-state index < -0.39 is 0 Å². The minimum atomic E-state index is -0.167. The van der Waals surface area contributed by atoms with E-state index in [2.05, 4.69) is 54.1 Å². The van der Waals surface area contributed by atoms with Crippen molar-refractivity contribution in [1.82, 2.24) is 16.0 Å². The molecule has 0 aliphatic heterocycles. The summed E-state index contributed by atoms with van der Waals surface area (Å²) in [6.07, 6.45) is 27.7. The first-order valence-corrected chi connectivity index (χ1v) is 26.2. The molecule has 2 atom stereocenters. The van der Waals surface area contributed by atoms with Gasteiger partial charge in [0.25, 0.3) is 0 Å². The Morgan fingerprint density at radius 2 is 1.08 bits per heavy atom. The van der Waals surface area contributed by atoms with Crippen molar-refractivity contribution in [1.29, 1.82) is 0 Å². The van der Waals surface area contributed by atoms with Crippen LogP contribution in [0.2, 0.25) is 0 Å². The van der Waals surface area contributed by atoms with Gasteiger partial charge in [0.2, 0.25) is 0 Å². The molecular weight excluding hydrogens is 907 g/mol. The third-order valence-corrected chi connectivity index (χ3v) is 9.27. The Balaban J connectivity index is -0.000000129. The maximum absolute atomic E-state index is 10.9. The van der Waals surface area contributed by atoms with Crippen molar-refractivity contribution in [2.45, 2.75) is 182 Å². The lowest BCUT2D eigenvalue weighted by atomic mass is 10.0. The van der Waals surface area contributed by atoms with Gasteiger partial charge in [-0.1, -0.05) is 123 Å². The second kappa shape index (κ2) is 83.5. The Morgan fingerprint density at radius 1 is 0.634 bits per heavy atom. The average Bonchev–Trinajstić information content (AvgIpc) is 3.36. The Labute approximate surface area is 436 Å². The van der Waals surface area contributed by atoms with Crippen molar-refractivity contribution >= 4 is 25.1 Å². The van der Waals surface area contributed by atoms with Crippen LogP contribution in [0.3, 0.4) is 0 Å². The lowest BCUT2D eigenvalue weighted by Crippen LogP contribution is -2.28. The van der Waals surface area contributed by atoms with Gasteiger partial charge in [-0.2, -0.15) is 0 Å². The Bertz CT molecular complexity index is 1080. The lowest BCUT2D eigenvalue weighted by molar-refractivity contribution is -0.120. The molecule has 0 aromatic carbocycles. The predicted octanol–water partition coefficient (Wildman–Crippen LogP) is 9.44. The van der Waals surface area contributed by atoms with Crippen molar-refractivity contribution < 1.29 is 53.4 Å². The number of likely N-dealkylation sites (N-methyl/N-ethyl adjacent to an activating group) is 1. The minimum Gasteiger partial charge on any atom is -0.513 e. The van der Waals surface area contributed by atoms with E-state index in [1.807, 2.05) is 46.8 Å². The van der Waals surface area contributed by atoms with Crippen LogP contribution in [-0.4, -0.2) is 147 Å². The molecule has 2 unspecified atom stereocenters. The molecule has 0 spiro atoms. The van der Waals surface area contributed by atoms with Crippen LogP contribution in [0.25, 0.3) is 0 Å². The highest BCUT2D eigenvalue weighted by Gasteiger charge is 2.09. The van der Waals surface area contributed by atoms with Gasteiger partial charge in [0.15, 0.2) is 0 Å². The molecular formula is C55H115N5O11. The number of hydrogen-bond donors (Lipinski definition) is 8. The molecule has 0 aromatic heterocycles. The van der Waals surface area contributed by atoms with E-state index in [-0.39, 0.29) is 30.4 Å². The van der Waals surface area contributed by atoms with Crippen LogP contribution in [0.4, 0.5) is 0 Å². The molecule has 426 valence electrons. The van der Waals surface area contributed by atoms with Crippen molar-refractivity contribution in [3.8, 4) is 0 Å². The number of allylic oxidation sites excluding steroid dienone is 4. The summed E-state index contributed by atoms with van der Waals surface area (Å²) in [5, 5.41) is 35.6. The van der Waals surface area contributed by atoms with E-state index in [1.165, 1.54) is 91.1 Å². The fourth-order valence-corrected chi connectivity index (χ4v) is 5.52. The van der Waals surface area contributed by atoms with Crippen LogP contribution in [-0.2, 0) is 38.1 Å². The Hall–Kier alpha value is -3.32. The number of ketones is 1. The summed E-state index contributed by atoms with van der Waals surface area (Å²) >= 11 is 0. The van der Waals surface area contributed by atoms with Gasteiger partial charge in [-0.05, 0) is 94.0 Å². The number of nitrogens with one attached hydrogen (secondary N) is 3. The monoisotopic (exact) mass is 1020 g/mol. The number of hydrogen-bond acceptors (Lipinski definition) is 16. The number of carbonyl (C=O) groups excluding carboxylic acids is 4. The van der Waals surface area contributed by atoms with Crippen molar-refractivity contribution in [3.63, 3.8) is 0 Å². The number of aliphatic hydroxyl groups excluding tert-OH is 3. The van der Waals surface area contributed by atoms with Gasteiger partial charge < -0.3 is 76.1 Å². The van der Waals surface area contributed by atoms with E-state index in [9.17, 15) is 19.5 Å². The summed E-state index contributed by atoms with van der Waals surface area (Å²) in [6, 6.07) is -0.113. The van der Waals surface area contributed by atoms with Gasteiger partial charge >= 0.3 is 0 Å².